The largest absolute Gasteiger partial charge is 0.497 e. The summed E-state index contributed by atoms with van der Waals surface area (Å²) in [6.07, 6.45) is 0.455. The van der Waals surface area contributed by atoms with Crippen molar-refractivity contribution in [3.05, 3.63) is 23.8 Å². The fourth-order valence-electron chi connectivity index (χ4n) is 2.14. The van der Waals surface area contributed by atoms with Crippen LogP contribution in [0, 0.1) is 0 Å². The lowest BCUT2D eigenvalue weighted by atomic mass is 10.1. The molecule has 5 heteroatoms. The zero-order valence-electron chi connectivity index (χ0n) is 12.7. The number of fused-ring (bicyclic) bond motifs is 1. The zero-order chi connectivity index (χ0) is 14.8. The smallest absolute Gasteiger partial charge is 0.233 e. The van der Waals surface area contributed by atoms with Gasteiger partial charge in [0.15, 0.2) is 0 Å². The third kappa shape index (κ3) is 3.61. The van der Waals surface area contributed by atoms with E-state index < -0.39 is 8.07 Å². The molecular weight excluding hydrogens is 270 g/mol. The van der Waals surface area contributed by atoms with E-state index in [0.717, 1.165) is 29.7 Å². The highest BCUT2D eigenvalue weighted by Gasteiger charge is 2.27. The van der Waals surface area contributed by atoms with Gasteiger partial charge >= 0.3 is 0 Å². The number of rotatable bonds is 6. The number of amides is 1. The number of carbonyl (C=O) groups excluding carboxylic acids is 1. The Balaban J connectivity index is 1.98. The van der Waals surface area contributed by atoms with Gasteiger partial charge in [0.1, 0.15) is 12.5 Å². The van der Waals surface area contributed by atoms with Gasteiger partial charge in [-0.1, -0.05) is 25.7 Å². The van der Waals surface area contributed by atoms with E-state index in [9.17, 15) is 4.79 Å². The molecule has 2 rings (SSSR count). The molecule has 1 aliphatic heterocycles. The Morgan fingerprint density at radius 3 is 2.70 bits per heavy atom. The third-order valence-electron chi connectivity index (χ3n) is 3.44. The summed E-state index contributed by atoms with van der Waals surface area (Å²) in [6, 6.07) is 6.86. The maximum absolute atomic E-state index is 12.0. The van der Waals surface area contributed by atoms with Crippen molar-refractivity contribution in [1.82, 2.24) is 0 Å². The first-order chi connectivity index (χ1) is 9.40. The molecule has 0 saturated heterocycles. The van der Waals surface area contributed by atoms with Gasteiger partial charge in [0, 0.05) is 20.7 Å². The van der Waals surface area contributed by atoms with Crippen LogP contribution in [0.15, 0.2) is 18.2 Å². The maximum Gasteiger partial charge on any atom is 0.233 e. The van der Waals surface area contributed by atoms with Crippen LogP contribution in [0.5, 0.6) is 5.75 Å². The Morgan fingerprint density at radius 1 is 1.30 bits per heavy atom. The van der Waals surface area contributed by atoms with Gasteiger partial charge in [-0.2, -0.15) is 0 Å². The molecule has 0 atom stereocenters. The van der Waals surface area contributed by atoms with Gasteiger partial charge in [-0.15, -0.1) is 0 Å². The number of hydrogen-bond acceptors (Lipinski definition) is 3. The standard InChI is InChI=1S/C15H23NO3Si/c1-18-13-6-5-12-9-15(17)16(14(12)10-13)11-19-7-8-20(2,3)4/h5-6,10H,7-9,11H2,1-4H3. The number of nitrogens with zero attached hydrogens (tertiary/aromatic N) is 1. The molecule has 0 radical (unpaired) electrons. The van der Waals surface area contributed by atoms with Gasteiger partial charge in [0.2, 0.25) is 5.91 Å². The van der Waals surface area contributed by atoms with E-state index in [-0.39, 0.29) is 5.91 Å². The SMILES string of the molecule is COc1ccc2c(c1)N(COCC[Si](C)(C)C)C(=O)C2. The van der Waals surface area contributed by atoms with E-state index in [2.05, 4.69) is 19.6 Å². The molecule has 0 saturated carbocycles. The first-order valence-corrected chi connectivity index (χ1v) is 10.7. The number of carbonyl (C=O) groups is 1. The lowest BCUT2D eigenvalue weighted by Gasteiger charge is -2.20. The summed E-state index contributed by atoms with van der Waals surface area (Å²) in [5.41, 5.74) is 1.96. The molecule has 0 spiro atoms. The molecule has 0 aliphatic carbocycles. The normalized spacial score (nSPS) is 14.6. The second-order valence-electron chi connectivity index (χ2n) is 6.34. The number of ether oxygens (including phenoxy) is 2. The van der Waals surface area contributed by atoms with Crippen LogP contribution >= 0.6 is 0 Å². The fourth-order valence-corrected chi connectivity index (χ4v) is 2.90. The molecule has 110 valence electrons. The van der Waals surface area contributed by atoms with Crippen molar-refractivity contribution in [2.24, 2.45) is 0 Å². The summed E-state index contributed by atoms with van der Waals surface area (Å²) in [7, 11) is 0.546. The van der Waals surface area contributed by atoms with Crippen LogP contribution in [0.25, 0.3) is 0 Å². The summed E-state index contributed by atoms with van der Waals surface area (Å²) < 4.78 is 10.9. The van der Waals surface area contributed by atoms with E-state index >= 15 is 0 Å². The van der Waals surface area contributed by atoms with Crippen molar-refractivity contribution in [3.8, 4) is 5.75 Å². The van der Waals surface area contributed by atoms with Gasteiger partial charge in [-0.25, -0.2) is 0 Å². The molecule has 0 bridgehead atoms. The van der Waals surface area contributed by atoms with E-state index in [0.29, 0.717) is 13.2 Å². The fraction of sp³-hybridized carbons (Fsp3) is 0.533. The van der Waals surface area contributed by atoms with Crippen LogP contribution in [0.1, 0.15) is 5.56 Å². The van der Waals surface area contributed by atoms with Crippen molar-refractivity contribution < 1.29 is 14.3 Å². The Bertz CT molecular complexity index is 496. The van der Waals surface area contributed by atoms with E-state index in [4.69, 9.17) is 9.47 Å². The highest BCUT2D eigenvalue weighted by atomic mass is 28.3. The maximum atomic E-state index is 12.0. The van der Waals surface area contributed by atoms with E-state index in [1.807, 2.05) is 18.2 Å². The number of hydrogen-bond donors (Lipinski definition) is 0. The lowest BCUT2D eigenvalue weighted by Crippen LogP contribution is -2.30. The quantitative estimate of drug-likeness (QED) is 0.598. The van der Waals surface area contributed by atoms with Crippen LogP contribution in [-0.4, -0.2) is 34.4 Å². The molecule has 0 fully saturated rings. The number of benzene rings is 1. The third-order valence-corrected chi connectivity index (χ3v) is 5.15. The first-order valence-electron chi connectivity index (χ1n) is 6.96. The Morgan fingerprint density at radius 2 is 2.05 bits per heavy atom. The summed E-state index contributed by atoms with van der Waals surface area (Å²) >= 11 is 0. The Hall–Kier alpha value is -1.33. The summed E-state index contributed by atoms with van der Waals surface area (Å²) in [5, 5.41) is 0. The molecule has 0 aromatic heterocycles. The van der Waals surface area contributed by atoms with Gasteiger partial charge in [0.25, 0.3) is 0 Å². The van der Waals surface area contributed by atoms with Crippen molar-refractivity contribution in [3.63, 3.8) is 0 Å². The molecule has 1 aliphatic rings. The minimum absolute atomic E-state index is 0.0984. The molecule has 20 heavy (non-hydrogen) atoms. The monoisotopic (exact) mass is 293 g/mol. The lowest BCUT2D eigenvalue weighted by molar-refractivity contribution is -0.118. The highest BCUT2D eigenvalue weighted by Crippen LogP contribution is 2.32. The van der Waals surface area contributed by atoms with Crippen molar-refractivity contribution in [1.29, 1.82) is 0 Å². The molecule has 1 aromatic rings. The second kappa shape index (κ2) is 5.97. The first kappa shape index (κ1) is 15.1. The molecular formula is C15H23NO3Si. The van der Waals surface area contributed by atoms with Gasteiger partial charge in [-0.05, 0) is 17.7 Å². The van der Waals surface area contributed by atoms with E-state index in [1.54, 1.807) is 12.0 Å². The Labute approximate surface area is 121 Å². The molecule has 1 aromatic carbocycles. The molecule has 0 unspecified atom stereocenters. The minimum Gasteiger partial charge on any atom is -0.497 e. The topological polar surface area (TPSA) is 38.8 Å². The van der Waals surface area contributed by atoms with Crippen LogP contribution < -0.4 is 9.64 Å². The predicted octanol–water partition coefficient (Wildman–Crippen LogP) is 2.90. The van der Waals surface area contributed by atoms with Crippen LogP contribution in [0.3, 0.4) is 0 Å². The number of anilines is 1. The van der Waals surface area contributed by atoms with Crippen molar-refractivity contribution >= 4 is 19.7 Å². The average molecular weight is 293 g/mol. The Kier molecular flexibility index (Phi) is 4.50. The van der Waals surface area contributed by atoms with Gasteiger partial charge < -0.3 is 9.47 Å². The molecule has 4 nitrogen and oxygen atoms in total. The van der Waals surface area contributed by atoms with E-state index in [1.165, 1.54) is 0 Å². The van der Waals surface area contributed by atoms with Crippen LogP contribution in [-0.2, 0) is 16.0 Å². The van der Waals surface area contributed by atoms with Crippen LogP contribution in [0.4, 0.5) is 5.69 Å². The van der Waals surface area contributed by atoms with Crippen molar-refractivity contribution in [2.75, 3.05) is 25.3 Å². The highest BCUT2D eigenvalue weighted by molar-refractivity contribution is 6.76. The van der Waals surface area contributed by atoms with Crippen LogP contribution in [0.2, 0.25) is 25.7 Å². The molecule has 0 N–H and O–H groups in total. The minimum atomic E-state index is -1.09. The van der Waals surface area contributed by atoms with Gasteiger partial charge in [0.05, 0.1) is 19.2 Å². The number of methoxy groups -OCH3 is 1. The predicted molar refractivity (Wildman–Crippen MR) is 83.2 cm³/mol. The second-order valence-corrected chi connectivity index (χ2v) is 12.0. The summed E-state index contributed by atoms with van der Waals surface area (Å²) in [4.78, 5) is 13.7. The summed E-state index contributed by atoms with van der Waals surface area (Å²) in [5.74, 6) is 0.867. The molecule has 1 heterocycles. The van der Waals surface area contributed by atoms with Crippen molar-refractivity contribution in [2.45, 2.75) is 32.1 Å². The zero-order valence-corrected chi connectivity index (χ0v) is 13.7. The summed E-state index contributed by atoms with van der Waals surface area (Å²) in [6.45, 7) is 8.01. The average Bonchev–Trinajstić information content (AvgIpc) is 2.68. The molecule has 1 amide bonds. The van der Waals surface area contributed by atoms with Gasteiger partial charge in [-0.3, -0.25) is 9.69 Å².